The molecule has 3 nitrogen and oxygen atoms in total. The topological polar surface area (TPSA) is 41.6 Å². The summed E-state index contributed by atoms with van der Waals surface area (Å²) in [7, 11) is 0. The standard InChI is InChI=1S/C13H23N3S/c1-12(2)6-13(9-17-8-12)7-15-11(14)16(13)5-10-3-4-10/h10H,3-9H2,1-2H3,(H2,14,15). The first-order valence-corrected chi connectivity index (χ1v) is 7.82. The van der Waals surface area contributed by atoms with Gasteiger partial charge in [0.15, 0.2) is 5.96 Å². The van der Waals surface area contributed by atoms with E-state index in [-0.39, 0.29) is 5.54 Å². The van der Waals surface area contributed by atoms with Crippen LogP contribution in [0.4, 0.5) is 0 Å². The summed E-state index contributed by atoms with van der Waals surface area (Å²) in [5.74, 6) is 4.16. The Balaban J connectivity index is 1.80. The highest BCUT2D eigenvalue weighted by Gasteiger charge is 2.49. The Bertz CT molecular complexity index is 349. The maximum atomic E-state index is 6.12. The highest BCUT2D eigenvalue weighted by Crippen LogP contribution is 2.45. The summed E-state index contributed by atoms with van der Waals surface area (Å²) in [5, 5.41) is 0. The monoisotopic (exact) mass is 253 g/mol. The van der Waals surface area contributed by atoms with Gasteiger partial charge in [-0.25, -0.2) is 0 Å². The molecule has 2 aliphatic heterocycles. The number of aliphatic imine (C=N–C) groups is 1. The van der Waals surface area contributed by atoms with Gasteiger partial charge in [0, 0.05) is 12.3 Å². The van der Waals surface area contributed by atoms with Gasteiger partial charge >= 0.3 is 0 Å². The molecule has 96 valence electrons. The fraction of sp³-hybridized carbons (Fsp3) is 0.923. The number of guanidine groups is 1. The molecule has 1 atom stereocenters. The van der Waals surface area contributed by atoms with Gasteiger partial charge in [-0.05, 0) is 36.3 Å². The van der Waals surface area contributed by atoms with Gasteiger partial charge in [-0.2, -0.15) is 11.8 Å². The van der Waals surface area contributed by atoms with Gasteiger partial charge in [-0.1, -0.05) is 13.8 Å². The lowest BCUT2D eigenvalue weighted by atomic mass is 9.79. The van der Waals surface area contributed by atoms with Gasteiger partial charge < -0.3 is 10.6 Å². The summed E-state index contributed by atoms with van der Waals surface area (Å²) in [6.07, 6.45) is 4.01. The van der Waals surface area contributed by atoms with Crippen LogP contribution in [-0.4, -0.2) is 41.0 Å². The summed E-state index contributed by atoms with van der Waals surface area (Å²) >= 11 is 2.08. The maximum Gasteiger partial charge on any atom is 0.191 e. The molecule has 17 heavy (non-hydrogen) atoms. The maximum absolute atomic E-state index is 6.12. The summed E-state index contributed by atoms with van der Waals surface area (Å²) < 4.78 is 0. The fourth-order valence-corrected chi connectivity index (χ4v) is 4.76. The van der Waals surface area contributed by atoms with Crippen LogP contribution >= 0.6 is 11.8 Å². The summed E-state index contributed by atoms with van der Waals surface area (Å²) in [5.41, 5.74) is 6.77. The summed E-state index contributed by atoms with van der Waals surface area (Å²) in [6, 6.07) is 0. The number of hydrogen-bond donors (Lipinski definition) is 1. The average molecular weight is 253 g/mol. The van der Waals surface area contributed by atoms with E-state index in [1.54, 1.807) is 0 Å². The summed E-state index contributed by atoms with van der Waals surface area (Å²) in [4.78, 5) is 6.99. The second-order valence-corrected chi connectivity index (χ2v) is 7.77. The second-order valence-electron chi connectivity index (χ2n) is 6.79. The Labute approximate surface area is 108 Å². The molecule has 1 unspecified atom stereocenters. The van der Waals surface area contributed by atoms with Crippen LogP contribution in [0, 0.1) is 11.3 Å². The van der Waals surface area contributed by atoms with Crippen LogP contribution in [0.3, 0.4) is 0 Å². The number of hydrogen-bond acceptors (Lipinski definition) is 4. The molecule has 1 saturated carbocycles. The van der Waals surface area contributed by atoms with Crippen LogP contribution in [0.15, 0.2) is 4.99 Å². The van der Waals surface area contributed by atoms with E-state index in [1.165, 1.54) is 30.8 Å². The molecule has 0 aromatic heterocycles. The van der Waals surface area contributed by atoms with E-state index in [9.17, 15) is 0 Å². The van der Waals surface area contributed by atoms with Gasteiger partial charge in [-0.3, -0.25) is 4.99 Å². The quantitative estimate of drug-likeness (QED) is 0.817. The number of thioether (sulfide) groups is 1. The second kappa shape index (κ2) is 3.81. The first kappa shape index (κ1) is 11.7. The minimum Gasteiger partial charge on any atom is -0.370 e. The van der Waals surface area contributed by atoms with Crippen LogP contribution < -0.4 is 5.73 Å². The Morgan fingerprint density at radius 2 is 2.18 bits per heavy atom. The van der Waals surface area contributed by atoms with Crippen molar-refractivity contribution >= 4 is 17.7 Å². The highest BCUT2D eigenvalue weighted by atomic mass is 32.2. The third-order valence-electron chi connectivity index (χ3n) is 4.19. The van der Waals surface area contributed by atoms with Crippen molar-refractivity contribution in [3.05, 3.63) is 0 Å². The minimum atomic E-state index is 0.235. The lowest BCUT2D eigenvalue weighted by Gasteiger charge is -2.47. The van der Waals surface area contributed by atoms with E-state index in [1.807, 2.05) is 0 Å². The Kier molecular flexibility index (Phi) is 2.62. The predicted molar refractivity (Wildman–Crippen MR) is 74.4 cm³/mol. The third kappa shape index (κ3) is 2.16. The van der Waals surface area contributed by atoms with Crippen LogP contribution in [0.5, 0.6) is 0 Å². The van der Waals surface area contributed by atoms with Gasteiger partial charge in [0.05, 0.1) is 12.1 Å². The molecule has 0 amide bonds. The van der Waals surface area contributed by atoms with E-state index < -0.39 is 0 Å². The molecular weight excluding hydrogens is 230 g/mol. The average Bonchev–Trinajstić information content (AvgIpc) is 3.00. The molecule has 2 fully saturated rings. The molecule has 1 aliphatic carbocycles. The van der Waals surface area contributed by atoms with Crippen LogP contribution in [0.1, 0.15) is 33.1 Å². The summed E-state index contributed by atoms with van der Waals surface area (Å²) in [6.45, 7) is 6.82. The van der Waals surface area contributed by atoms with Crippen molar-refractivity contribution in [2.45, 2.75) is 38.6 Å². The van der Waals surface area contributed by atoms with Crippen LogP contribution in [0.2, 0.25) is 0 Å². The Morgan fingerprint density at radius 3 is 2.82 bits per heavy atom. The molecule has 1 saturated heterocycles. The zero-order valence-corrected chi connectivity index (χ0v) is 11.7. The van der Waals surface area contributed by atoms with Crippen molar-refractivity contribution in [3.63, 3.8) is 0 Å². The van der Waals surface area contributed by atoms with Crippen molar-refractivity contribution in [2.75, 3.05) is 24.6 Å². The van der Waals surface area contributed by atoms with E-state index in [2.05, 4.69) is 35.5 Å². The van der Waals surface area contributed by atoms with Gasteiger partial charge in [0.1, 0.15) is 0 Å². The molecular formula is C13H23N3S. The predicted octanol–water partition coefficient (Wildman–Crippen LogP) is 1.93. The molecule has 1 spiro atoms. The Hall–Kier alpha value is -0.380. The minimum absolute atomic E-state index is 0.235. The van der Waals surface area contributed by atoms with E-state index in [4.69, 9.17) is 5.73 Å². The van der Waals surface area contributed by atoms with E-state index in [0.29, 0.717) is 5.41 Å². The largest absolute Gasteiger partial charge is 0.370 e. The molecule has 0 aromatic rings. The molecule has 0 radical (unpaired) electrons. The van der Waals surface area contributed by atoms with Crippen molar-refractivity contribution in [2.24, 2.45) is 22.1 Å². The zero-order valence-electron chi connectivity index (χ0n) is 10.9. The zero-order chi connectivity index (χ0) is 12.1. The fourth-order valence-electron chi connectivity index (χ4n) is 3.27. The van der Waals surface area contributed by atoms with Crippen molar-refractivity contribution in [1.29, 1.82) is 0 Å². The third-order valence-corrected chi connectivity index (χ3v) is 5.92. The first-order valence-electron chi connectivity index (χ1n) is 6.66. The van der Waals surface area contributed by atoms with Gasteiger partial charge in [-0.15, -0.1) is 0 Å². The molecule has 2 heterocycles. The molecule has 4 heteroatoms. The lowest BCUT2D eigenvalue weighted by Crippen LogP contribution is -2.58. The van der Waals surface area contributed by atoms with Crippen molar-refractivity contribution in [1.82, 2.24) is 4.90 Å². The molecule has 0 bridgehead atoms. The SMILES string of the molecule is CC1(C)CSCC2(CN=C(N)N2CC2CC2)C1. The molecule has 3 aliphatic rings. The van der Waals surface area contributed by atoms with Crippen LogP contribution in [0.25, 0.3) is 0 Å². The van der Waals surface area contributed by atoms with E-state index >= 15 is 0 Å². The van der Waals surface area contributed by atoms with Crippen molar-refractivity contribution in [3.8, 4) is 0 Å². The number of nitrogens with two attached hydrogens (primary N) is 1. The molecule has 3 rings (SSSR count). The lowest BCUT2D eigenvalue weighted by molar-refractivity contribution is 0.144. The van der Waals surface area contributed by atoms with Crippen molar-refractivity contribution < 1.29 is 0 Å². The normalized spacial score (nSPS) is 36.4. The van der Waals surface area contributed by atoms with Gasteiger partial charge in [0.25, 0.3) is 0 Å². The van der Waals surface area contributed by atoms with E-state index in [0.717, 1.165) is 25.0 Å². The van der Waals surface area contributed by atoms with Crippen LogP contribution in [-0.2, 0) is 0 Å². The smallest absolute Gasteiger partial charge is 0.191 e. The molecule has 0 aromatic carbocycles. The van der Waals surface area contributed by atoms with Gasteiger partial charge in [0.2, 0.25) is 0 Å². The molecule has 2 N–H and O–H groups in total. The highest BCUT2D eigenvalue weighted by molar-refractivity contribution is 7.99. The number of rotatable bonds is 2. The Morgan fingerprint density at radius 1 is 1.41 bits per heavy atom. The first-order chi connectivity index (χ1) is 8.01. The number of nitrogens with zero attached hydrogens (tertiary/aromatic N) is 2.